The summed E-state index contributed by atoms with van der Waals surface area (Å²) in [5.74, 6) is 1.72. The second-order valence-electron chi connectivity index (χ2n) is 6.74. The van der Waals surface area contributed by atoms with Gasteiger partial charge in [-0.2, -0.15) is 0 Å². The van der Waals surface area contributed by atoms with Crippen LogP contribution in [0.25, 0.3) is 0 Å². The molecule has 1 aromatic rings. The lowest BCUT2D eigenvalue weighted by molar-refractivity contribution is 0.103. The standard InChI is InChI=1S/C18H30N2/c1-4-9-20(13-16-7-5-6-8-18(16)19)17-11-14(2)10-15(3)12-17/h5-8,14-15,17H,4,9-13,19H2,1-3H3. The van der Waals surface area contributed by atoms with Crippen molar-refractivity contribution < 1.29 is 0 Å². The van der Waals surface area contributed by atoms with Crippen molar-refractivity contribution in [3.63, 3.8) is 0 Å². The molecule has 2 heteroatoms. The fraction of sp³-hybridized carbons (Fsp3) is 0.667. The highest BCUT2D eigenvalue weighted by Crippen LogP contribution is 2.32. The number of nitrogen functional groups attached to an aromatic ring is 1. The Balaban J connectivity index is 2.08. The second kappa shape index (κ2) is 7.12. The molecule has 1 fully saturated rings. The molecule has 0 aromatic heterocycles. The molecule has 0 bridgehead atoms. The molecule has 2 rings (SSSR count). The molecule has 0 radical (unpaired) electrons. The van der Waals surface area contributed by atoms with Gasteiger partial charge in [0.1, 0.15) is 0 Å². The minimum absolute atomic E-state index is 0.730. The van der Waals surface area contributed by atoms with Crippen molar-refractivity contribution in [2.24, 2.45) is 11.8 Å². The zero-order chi connectivity index (χ0) is 14.5. The van der Waals surface area contributed by atoms with Gasteiger partial charge in [-0.15, -0.1) is 0 Å². The summed E-state index contributed by atoms with van der Waals surface area (Å²) in [6, 6.07) is 9.04. The molecule has 2 N–H and O–H groups in total. The molecule has 0 saturated heterocycles. The van der Waals surface area contributed by atoms with Crippen molar-refractivity contribution in [2.75, 3.05) is 12.3 Å². The van der Waals surface area contributed by atoms with Gasteiger partial charge < -0.3 is 5.73 Å². The number of nitrogens with two attached hydrogens (primary N) is 1. The fourth-order valence-electron chi connectivity index (χ4n) is 3.78. The van der Waals surface area contributed by atoms with Gasteiger partial charge in [-0.1, -0.05) is 39.0 Å². The van der Waals surface area contributed by atoms with Crippen molar-refractivity contribution >= 4 is 5.69 Å². The van der Waals surface area contributed by atoms with Crippen molar-refractivity contribution in [3.8, 4) is 0 Å². The summed E-state index contributed by atoms with van der Waals surface area (Å²) in [5, 5.41) is 0. The zero-order valence-corrected chi connectivity index (χ0v) is 13.3. The molecule has 1 aromatic carbocycles. The first-order valence-corrected chi connectivity index (χ1v) is 8.17. The van der Waals surface area contributed by atoms with E-state index in [4.69, 9.17) is 5.73 Å². The molecule has 0 spiro atoms. The lowest BCUT2D eigenvalue weighted by Gasteiger charge is -2.39. The normalized spacial score (nSPS) is 26.9. The van der Waals surface area contributed by atoms with E-state index in [2.05, 4.69) is 37.8 Å². The van der Waals surface area contributed by atoms with E-state index in [0.717, 1.165) is 30.1 Å². The maximum absolute atomic E-state index is 6.12. The van der Waals surface area contributed by atoms with Crippen LogP contribution in [0.5, 0.6) is 0 Å². The Labute approximate surface area is 124 Å². The predicted molar refractivity (Wildman–Crippen MR) is 87.5 cm³/mol. The monoisotopic (exact) mass is 274 g/mol. The van der Waals surface area contributed by atoms with Crippen molar-refractivity contribution in [1.82, 2.24) is 4.90 Å². The average Bonchev–Trinajstić information content (AvgIpc) is 2.39. The number of rotatable bonds is 5. The van der Waals surface area contributed by atoms with Gasteiger partial charge in [-0.05, 0) is 55.7 Å². The lowest BCUT2D eigenvalue weighted by atomic mass is 9.79. The Morgan fingerprint density at radius 2 is 1.75 bits per heavy atom. The molecular formula is C18H30N2. The molecule has 1 saturated carbocycles. The first-order chi connectivity index (χ1) is 9.60. The largest absolute Gasteiger partial charge is 0.398 e. The maximum Gasteiger partial charge on any atom is 0.0359 e. The SMILES string of the molecule is CCCN(Cc1ccccc1N)C1CC(C)CC(C)C1. The van der Waals surface area contributed by atoms with Gasteiger partial charge in [0.25, 0.3) is 0 Å². The highest BCUT2D eigenvalue weighted by atomic mass is 15.2. The summed E-state index contributed by atoms with van der Waals surface area (Å²) in [4.78, 5) is 2.66. The van der Waals surface area contributed by atoms with E-state index < -0.39 is 0 Å². The van der Waals surface area contributed by atoms with Crippen LogP contribution < -0.4 is 5.73 Å². The van der Waals surface area contributed by atoms with E-state index in [1.54, 1.807) is 0 Å². The van der Waals surface area contributed by atoms with Gasteiger partial charge in [0.2, 0.25) is 0 Å². The summed E-state index contributed by atoms with van der Waals surface area (Å²) < 4.78 is 0. The maximum atomic E-state index is 6.12. The molecule has 2 atom stereocenters. The van der Waals surface area contributed by atoms with Crippen LogP contribution in [0.2, 0.25) is 0 Å². The second-order valence-corrected chi connectivity index (χ2v) is 6.74. The Morgan fingerprint density at radius 1 is 1.10 bits per heavy atom. The van der Waals surface area contributed by atoms with Crippen LogP contribution in [-0.4, -0.2) is 17.5 Å². The Hall–Kier alpha value is -1.02. The molecule has 20 heavy (non-hydrogen) atoms. The van der Waals surface area contributed by atoms with E-state index in [1.807, 2.05) is 12.1 Å². The molecule has 0 amide bonds. The van der Waals surface area contributed by atoms with Gasteiger partial charge in [0.05, 0.1) is 0 Å². The molecule has 1 aliphatic rings. The number of anilines is 1. The van der Waals surface area contributed by atoms with Crippen LogP contribution in [0.3, 0.4) is 0 Å². The van der Waals surface area contributed by atoms with Gasteiger partial charge in [0.15, 0.2) is 0 Å². The molecular weight excluding hydrogens is 244 g/mol. The number of para-hydroxylation sites is 1. The first-order valence-electron chi connectivity index (χ1n) is 8.17. The first kappa shape index (κ1) is 15.4. The third kappa shape index (κ3) is 3.99. The smallest absolute Gasteiger partial charge is 0.0359 e. The van der Waals surface area contributed by atoms with Gasteiger partial charge in [-0.3, -0.25) is 4.90 Å². The molecule has 112 valence electrons. The number of nitrogens with zero attached hydrogens (tertiary/aromatic N) is 1. The molecule has 2 nitrogen and oxygen atoms in total. The fourth-order valence-corrected chi connectivity index (χ4v) is 3.78. The molecule has 2 unspecified atom stereocenters. The summed E-state index contributed by atoms with van der Waals surface area (Å²) in [6.45, 7) is 9.27. The number of hydrogen-bond acceptors (Lipinski definition) is 2. The molecule has 1 aliphatic carbocycles. The van der Waals surface area contributed by atoms with E-state index in [1.165, 1.54) is 37.8 Å². The topological polar surface area (TPSA) is 29.3 Å². The van der Waals surface area contributed by atoms with Crippen molar-refractivity contribution in [3.05, 3.63) is 29.8 Å². The number of hydrogen-bond donors (Lipinski definition) is 1. The summed E-state index contributed by atoms with van der Waals surface area (Å²) in [6.07, 6.45) is 5.30. The van der Waals surface area contributed by atoms with Crippen LogP contribution in [0.4, 0.5) is 5.69 Å². The van der Waals surface area contributed by atoms with Crippen molar-refractivity contribution in [1.29, 1.82) is 0 Å². The zero-order valence-electron chi connectivity index (χ0n) is 13.3. The van der Waals surface area contributed by atoms with E-state index in [9.17, 15) is 0 Å². The van der Waals surface area contributed by atoms with Crippen LogP contribution in [-0.2, 0) is 6.54 Å². The van der Waals surface area contributed by atoms with Crippen molar-refractivity contribution in [2.45, 2.75) is 59.0 Å². The van der Waals surface area contributed by atoms with Gasteiger partial charge >= 0.3 is 0 Å². The predicted octanol–water partition coefficient (Wildman–Crippen LogP) is 4.31. The Kier molecular flexibility index (Phi) is 5.47. The lowest BCUT2D eigenvalue weighted by Crippen LogP contribution is -2.40. The number of benzene rings is 1. The van der Waals surface area contributed by atoms with E-state index in [-0.39, 0.29) is 0 Å². The van der Waals surface area contributed by atoms with Crippen LogP contribution in [0.1, 0.15) is 52.0 Å². The van der Waals surface area contributed by atoms with Crippen LogP contribution >= 0.6 is 0 Å². The summed E-state index contributed by atoms with van der Waals surface area (Å²) in [5.41, 5.74) is 8.34. The van der Waals surface area contributed by atoms with Gasteiger partial charge in [0, 0.05) is 18.3 Å². The summed E-state index contributed by atoms with van der Waals surface area (Å²) in [7, 11) is 0. The quantitative estimate of drug-likeness (QED) is 0.811. The Bertz CT molecular complexity index is 406. The van der Waals surface area contributed by atoms with E-state index >= 15 is 0 Å². The summed E-state index contributed by atoms with van der Waals surface area (Å²) >= 11 is 0. The average molecular weight is 274 g/mol. The van der Waals surface area contributed by atoms with Crippen LogP contribution in [0, 0.1) is 11.8 Å². The third-order valence-corrected chi connectivity index (χ3v) is 4.61. The molecule has 0 heterocycles. The highest BCUT2D eigenvalue weighted by molar-refractivity contribution is 5.46. The third-order valence-electron chi connectivity index (χ3n) is 4.61. The Morgan fingerprint density at radius 3 is 2.35 bits per heavy atom. The minimum atomic E-state index is 0.730. The van der Waals surface area contributed by atoms with E-state index in [0.29, 0.717) is 0 Å². The van der Waals surface area contributed by atoms with Crippen LogP contribution in [0.15, 0.2) is 24.3 Å². The highest BCUT2D eigenvalue weighted by Gasteiger charge is 2.28. The van der Waals surface area contributed by atoms with Gasteiger partial charge in [-0.25, -0.2) is 0 Å². The minimum Gasteiger partial charge on any atom is -0.398 e. The molecule has 0 aliphatic heterocycles.